The molecule has 0 saturated carbocycles. The maximum atomic E-state index is 13.3. The number of rotatable bonds is 6. The Kier molecular flexibility index (Phi) is 6.30. The summed E-state index contributed by atoms with van der Waals surface area (Å²) in [5.41, 5.74) is 1.95. The minimum Gasteiger partial charge on any atom is -0.492 e. The number of hydrogen-bond donors (Lipinski definition) is 0. The van der Waals surface area contributed by atoms with E-state index in [2.05, 4.69) is 4.90 Å². The number of carbonyl (C=O) groups is 3. The first-order valence-electron chi connectivity index (χ1n) is 11.9. The van der Waals surface area contributed by atoms with Crippen molar-refractivity contribution < 1.29 is 28.6 Å². The van der Waals surface area contributed by atoms with Gasteiger partial charge in [-0.1, -0.05) is 29.8 Å². The Morgan fingerprint density at radius 2 is 1.60 bits per heavy atom. The zero-order valence-corrected chi connectivity index (χ0v) is 19.6. The highest BCUT2D eigenvalue weighted by Crippen LogP contribution is 2.43. The average Bonchev–Trinajstić information content (AvgIpc) is 2.97. The second kappa shape index (κ2) is 9.54. The summed E-state index contributed by atoms with van der Waals surface area (Å²) in [5, 5.41) is 0. The number of aryl methyl sites for hydroxylation is 1. The maximum Gasteiger partial charge on any atom is 0.375 e. The number of likely N-dealkylation sites (tertiary alicyclic amines) is 1. The number of amides is 1. The SMILES string of the molecule is Cc1ccc(OCCN2CCC(CN3C(=O)c4ccccc4C34OC(=O)C=CC(=O)O4)CC2)cc1. The molecule has 0 bridgehead atoms. The van der Waals surface area contributed by atoms with E-state index in [-0.39, 0.29) is 11.8 Å². The Balaban J connectivity index is 1.22. The van der Waals surface area contributed by atoms with Crippen LogP contribution in [0.5, 0.6) is 5.75 Å². The number of fused-ring (bicyclic) bond motifs is 2. The van der Waals surface area contributed by atoms with Crippen LogP contribution >= 0.6 is 0 Å². The number of benzene rings is 2. The van der Waals surface area contributed by atoms with E-state index in [0.29, 0.717) is 24.3 Å². The second-order valence-electron chi connectivity index (χ2n) is 9.17. The van der Waals surface area contributed by atoms with Gasteiger partial charge in [0.2, 0.25) is 0 Å². The molecule has 0 atom stereocenters. The Hall–Kier alpha value is -3.65. The van der Waals surface area contributed by atoms with Crippen LogP contribution in [-0.4, -0.2) is 60.4 Å². The lowest BCUT2D eigenvalue weighted by Crippen LogP contribution is -2.52. The van der Waals surface area contributed by atoms with Gasteiger partial charge >= 0.3 is 17.8 Å². The molecule has 1 amide bonds. The van der Waals surface area contributed by atoms with Gasteiger partial charge in [-0.2, -0.15) is 0 Å². The maximum absolute atomic E-state index is 13.3. The summed E-state index contributed by atoms with van der Waals surface area (Å²) in [5.74, 6) is -2.60. The van der Waals surface area contributed by atoms with E-state index in [1.165, 1.54) is 10.5 Å². The normalized spacial score (nSPS) is 19.9. The van der Waals surface area contributed by atoms with Crippen molar-refractivity contribution in [1.29, 1.82) is 0 Å². The fourth-order valence-electron chi connectivity index (χ4n) is 4.87. The second-order valence-corrected chi connectivity index (χ2v) is 9.17. The molecule has 8 nitrogen and oxygen atoms in total. The van der Waals surface area contributed by atoms with Crippen molar-refractivity contribution in [2.75, 3.05) is 32.8 Å². The first-order valence-corrected chi connectivity index (χ1v) is 11.9. The molecule has 3 aliphatic heterocycles. The molecule has 35 heavy (non-hydrogen) atoms. The predicted molar refractivity (Wildman–Crippen MR) is 126 cm³/mol. The van der Waals surface area contributed by atoms with Crippen LogP contribution in [-0.2, 0) is 25.0 Å². The van der Waals surface area contributed by atoms with Gasteiger partial charge in [0.15, 0.2) is 0 Å². The van der Waals surface area contributed by atoms with Crippen molar-refractivity contribution in [3.05, 3.63) is 77.4 Å². The van der Waals surface area contributed by atoms with Crippen molar-refractivity contribution >= 4 is 17.8 Å². The highest BCUT2D eigenvalue weighted by Gasteiger charge is 2.57. The lowest BCUT2D eigenvalue weighted by molar-refractivity contribution is -0.275. The topological polar surface area (TPSA) is 85.4 Å². The average molecular weight is 477 g/mol. The Labute approximate surface area is 204 Å². The molecule has 8 heteroatoms. The van der Waals surface area contributed by atoms with E-state index >= 15 is 0 Å². The summed E-state index contributed by atoms with van der Waals surface area (Å²) in [4.78, 5) is 41.7. The van der Waals surface area contributed by atoms with Crippen molar-refractivity contribution in [3.63, 3.8) is 0 Å². The molecule has 3 heterocycles. The monoisotopic (exact) mass is 476 g/mol. The summed E-state index contributed by atoms with van der Waals surface area (Å²) in [6, 6.07) is 14.8. The van der Waals surface area contributed by atoms with E-state index in [1.54, 1.807) is 24.3 Å². The number of esters is 2. The molecular formula is C27H28N2O6. The zero-order valence-electron chi connectivity index (χ0n) is 19.6. The van der Waals surface area contributed by atoms with Gasteiger partial charge in [-0.15, -0.1) is 0 Å². The van der Waals surface area contributed by atoms with Crippen LogP contribution in [0.4, 0.5) is 0 Å². The molecule has 2 aromatic rings. The standard InChI is InChI=1S/C27H28N2O6/c1-19-6-8-21(9-7-19)33-17-16-28-14-12-20(13-15-28)18-29-26(32)22-4-2-3-5-23(22)27(29)34-24(30)10-11-25(31)35-27/h2-11,20H,12-18H2,1H3. The molecule has 0 radical (unpaired) electrons. The van der Waals surface area contributed by atoms with E-state index in [0.717, 1.165) is 50.4 Å². The minimum atomic E-state index is -1.87. The third-order valence-electron chi connectivity index (χ3n) is 6.78. The summed E-state index contributed by atoms with van der Waals surface area (Å²) in [6.07, 6.45) is 3.78. The van der Waals surface area contributed by atoms with Gasteiger partial charge in [0.05, 0.1) is 11.1 Å². The van der Waals surface area contributed by atoms with Gasteiger partial charge in [0.1, 0.15) is 12.4 Å². The van der Waals surface area contributed by atoms with Gasteiger partial charge in [-0.3, -0.25) is 14.6 Å². The molecule has 1 fully saturated rings. The molecule has 2 aromatic carbocycles. The van der Waals surface area contributed by atoms with Gasteiger partial charge in [-0.25, -0.2) is 9.59 Å². The van der Waals surface area contributed by atoms with Crippen LogP contribution < -0.4 is 4.74 Å². The summed E-state index contributed by atoms with van der Waals surface area (Å²) < 4.78 is 17.1. The van der Waals surface area contributed by atoms with Crippen LogP contribution in [0, 0.1) is 12.8 Å². The number of carbonyl (C=O) groups excluding carboxylic acids is 3. The number of ether oxygens (including phenoxy) is 3. The fraction of sp³-hybridized carbons (Fsp3) is 0.370. The third-order valence-corrected chi connectivity index (χ3v) is 6.78. The zero-order chi connectivity index (χ0) is 24.4. The van der Waals surface area contributed by atoms with Crippen molar-refractivity contribution in [3.8, 4) is 5.75 Å². The Bertz CT molecular complexity index is 1130. The molecular weight excluding hydrogens is 448 g/mol. The Morgan fingerprint density at radius 3 is 2.29 bits per heavy atom. The summed E-state index contributed by atoms with van der Waals surface area (Å²) in [7, 11) is 0. The molecule has 1 saturated heterocycles. The lowest BCUT2D eigenvalue weighted by Gasteiger charge is -2.39. The molecule has 0 unspecified atom stereocenters. The van der Waals surface area contributed by atoms with Crippen LogP contribution in [0.25, 0.3) is 0 Å². The quantitative estimate of drug-likeness (QED) is 0.593. The van der Waals surface area contributed by atoms with Crippen molar-refractivity contribution in [2.24, 2.45) is 5.92 Å². The molecule has 0 aromatic heterocycles. The Morgan fingerprint density at radius 1 is 0.943 bits per heavy atom. The minimum absolute atomic E-state index is 0.174. The van der Waals surface area contributed by atoms with Gasteiger partial charge < -0.3 is 14.2 Å². The summed E-state index contributed by atoms with van der Waals surface area (Å²) in [6.45, 7) is 5.53. The molecule has 1 spiro atoms. The first kappa shape index (κ1) is 23.1. The predicted octanol–water partition coefficient (Wildman–Crippen LogP) is 3.01. The molecule has 182 valence electrons. The summed E-state index contributed by atoms with van der Waals surface area (Å²) >= 11 is 0. The van der Waals surface area contributed by atoms with E-state index < -0.39 is 17.8 Å². The molecule has 3 aliphatic rings. The van der Waals surface area contributed by atoms with E-state index in [9.17, 15) is 14.4 Å². The van der Waals surface area contributed by atoms with Crippen LogP contribution in [0.15, 0.2) is 60.7 Å². The number of nitrogens with zero attached hydrogens (tertiary/aromatic N) is 2. The molecule has 0 aliphatic carbocycles. The third kappa shape index (κ3) is 4.66. The van der Waals surface area contributed by atoms with Gasteiger partial charge in [0.25, 0.3) is 5.91 Å². The van der Waals surface area contributed by atoms with Crippen molar-refractivity contribution in [2.45, 2.75) is 25.7 Å². The largest absolute Gasteiger partial charge is 0.492 e. The highest BCUT2D eigenvalue weighted by atomic mass is 16.8. The van der Waals surface area contributed by atoms with Gasteiger partial charge in [0, 0.05) is 25.2 Å². The van der Waals surface area contributed by atoms with Crippen LogP contribution in [0.2, 0.25) is 0 Å². The fourth-order valence-corrected chi connectivity index (χ4v) is 4.87. The highest BCUT2D eigenvalue weighted by molar-refractivity contribution is 6.01. The number of hydrogen-bond acceptors (Lipinski definition) is 7. The van der Waals surface area contributed by atoms with Crippen LogP contribution in [0.1, 0.15) is 34.3 Å². The van der Waals surface area contributed by atoms with Crippen LogP contribution in [0.3, 0.4) is 0 Å². The van der Waals surface area contributed by atoms with Crippen molar-refractivity contribution in [1.82, 2.24) is 9.80 Å². The molecule has 0 N–H and O–H groups in total. The molecule has 5 rings (SSSR count). The van der Waals surface area contributed by atoms with Gasteiger partial charge in [-0.05, 0) is 63.0 Å². The van der Waals surface area contributed by atoms with E-state index in [4.69, 9.17) is 14.2 Å². The smallest absolute Gasteiger partial charge is 0.375 e. The lowest BCUT2D eigenvalue weighted by atomic mass is 9.96. The first-order chi connectivity index (χ1) is 16.9. The van der Waals surface area contributed by atoms with E-state index in [1.807, 2.05) is 31.2 Å². The number of piperidine rings is 1.